The molecule has 2 rings (SSSR count). The molecule has 0 bridgehead atoms. The van der Waals surface area contributed by atoms with Gasteiger partial charge in [0.1, 0.15) is 5.78 Å². The molecule has 0 amide bonds. The number of Topliss-reactive ketones (excluding diaryl/α,β-unsaturated/α-hetero) is 1. The minimum atomic E-state index is 0.152. The van der Waals surface area contributed by atoms with Crippen molar-refractivity contribution >= 4 is 11.9 Å². The van der Waals surface area contributed by atoms with Crippen LogP contribution in [0.2, 0.25) is 0 Å². The van der Waals surface area contributed by atoms with Crippen LogP contribution < -0.4 is 0 Å². The Hall–Kier alpha value is -2.15. The molecule has 0 N–H and O–H groups in total. The number of benzene rings is 2. The van der Waals surface area contributed by atoms with Crippen LogP contribution in [0.3, 0.4) is 0 Å². The maximum absolute atomic E-state index is 11.4. The Kier molecular flexibility index (Phi) is 4.68. The Bertz CT molecular complexity index is 540. The van der Waals surface area contributed by atoms with Crippen LogP contribution in [0.25, 0.3) is 6.08 Å². The van der Waals surface area contributed by atoms with Crippen molar-refractivity contribution in [3.05, 3.63) is 77.9 Å². The summed E-state index contributed by atoms with van der Waals surface area (Å²) < 4.78 is 0. The molecule has 1 heteroatoms. The van der Waals surface area contributed by atoms with Crippen LogP contribution in [-0.2, 0) is 4.79 Å². The molecule has 2 aromatic carbocycles. The minimum absolute atomic E-state index is 0.152. The Morgan fingerprint density at radius 3 is 2.16 bits per heavy atom. The topological polar surface area (TPSA) is 17.1 Å². The van der Waals surface area contributed by atoms with E-state index < -0.39 is 0 Å². The first-order valence-corrected chi connectivity index (χ1v) is 6.53. The molecule has 0 aromatic heterocycles. The smallest absolute Gasteiger partial charge is 0.130 e. The molecule has 96 valence electrons. The molecule has 0 saturated heterocycles. The second-order valence-corrected chi connectivity index (χ2v) is 4.69. The Labute approximate surface area is 114 Å². The average Bonchev–Trinajstić information content (AvgIpc) is 2.45. The van der Waals surface area contributed by atoms with Gasteiger partial charge in [0.2, 0.25) is 0 Å². The molecule has 1 atom stereocenters. The summed E-state index contributed by atoms with van der Waals surface area (Å²) in [4.78, 5) is 11.4. The standard InChI is InChI=1S/C18H18O/c1-15(19)14-18(17-10-6-3-7-11-17)13-12-16-8-4-2-5-9-16/h2-13,18H,14H2,1H3/b13-12+/t18-/m0/s1. The number of rotatable bonds is 5. The second kappa shape index (κ2) is 6.69. The zero-order valence-corrected chi connectivity index (χ0v) is 11.1. The largest absolute Gasteiger partial charge is 0.300 e. The van der Waals surface area contributed by atoms with Gasteiger partial charge >= 0.3 is 0 Å². The number of allylic oxidation sites excluding steroid dienone is 1. The van der Waals surface area contributed by atoms with Crippen LogP contribution in [0.5, 0.6) is 0 Å². The molecular formula is C18H18O. The van der Waals surface area contributed by atoms with Crippen molar-refractivity contribution in [2.45, 2.75) is 19.3 Å². The molecule has 0 aliphatic carbocycles. The van der Waals surface area contributed by atoms with Gasteiger partial charge in [0.25, 0.3) is 0 Å². The van der Waals surface area contributed by atoms with Crippen molar-refractivity contribution in [1.29, 1.82) is 0 Å². The molecule has 19 heavy (non-hydrogen) atoms. The highest BCUT2D eigenvalue weighted by Crippen LogP contribution is 2.22. The summed E-state index contributed by atoms with van der Waals surface area (Å²) in [6.45, 7) is 1.65. The lowest BCUT2D eigenvalue weighted by Crippen LogP contribution is -2.01. The maximum atomic E-state index is 11.4. The molecule has 0 aliphatic rings. The Balaban J connectivity index is 2.19. The molecular weight excluding hydrogens is 232 g/mol. The van der Waals surface area contributed by atoms with E-state index in [4.69, 9.17) is 0 Å². The predicted molar refractivity (Wildman–Crippen MR) is 80.0 cm³/mol. The number of carbonyl (C=O) groups is 1. The van der Waals surface area contributed by atoms with Gasteiger partial charge in [-0.15, -0.1) is 0 Å². The summed E-state index contributed by atoms with van der Waals surface area (Å²) in [6.07, 6.45) is 4.75. The lowest BCUT2D eigenvalue weighted by molar-refractivity contribution is -0.117. The highest BCUT2D eigenvalue weighted by Gasteiger charge is 2.09. The highest BCUT2D eigenvalue weighted by molar-refractivity contribution is 5.77. The lowest BCUT2D eigenvalue weighted by Gasteiger charge is -2.11. The zero-order chi connectivity index (χ0) is 13.5. The molecule has 0 radical (unpaired) electrons. The van der Waals surface area contributed by atoms with Gasteiger partial charge in [-0.25, -0.2) is 0 Å². The monoisotopic (exact) mass is 250 g/mol. The van der Waals surface area contributed by atoms with E-state index in [2.05, 4.69) is 36.4 Å². The second-order valence-electron chi connectivity index (χ2n) is 4.69. The van der Waals surface area contributed by atoms with Gasteiger partial charge in [-0.2, -0.15) is 0 Å². The zero-order valence-electron chi connectivity index (χ0n) is 11.1. The molecule has 0 fully saturated rings. The van der Waals surface area contributed by atoms with Crippen molar-refractivity contribution in [2.24, 2.45) is 0 Å². The third kappa shape index (κ3) is 4.22. The number of hydrogen-bond acceptors (Lipinski definition) is 1. The molecule has 0 aliphatic heterocycles. The molecule has 0 heterocycles. The van der Waals surface area contributed by atoms with Gasteiger partial charge in [0.05, 0.1) is 0 Å². The molecule has 1 nitrogen and oxygen atoms in total. The van der Waals surface area contributed by atoms with E-state index in [0.717, 1.165) is 5.56 Å². The Morgan fingerprint density at radius 1 is 1.00 bits per heavy atom. The highest BCUT2D eigenvalue weighted by atomic mass is 16.1. The number of hydrogen-bond donors (Lipinski definition) is 0. The van der Waals surface area contributed by atoms with E-state index in [-0.39, 0.29) is 11.7 Å². The third-order valence-corrected chi connectivity index (χ3v) is 3.06. The van der Waals surface area contributed by atoms with Crippen LogP contribution in [0.15, 0.2) is 66.7 Å². The van der Waals surface area contributed by atoms with Crippen LogP contribution in [0.4, 0.5) is 0 Å². The fourth-order valence-electron chi connectivity index (χ4n) is 2.10. The number of ketones is 1. The molecule has 2 aromatic rings. The summed E-state index contributed by atoms with van der Waals surface area (Å²) >= 11 is 0. The van der Waals surface area contributed by atoms with Crippen molar-refractivity contribution in [3.8, 4) is 0 Å². The first kappa shape index (κ1) is 13.3. The van der Waals surface area contributed by atoms with E-state index >= 15 is 0 Å². The summed E-state index contributed by atoms with van der Waals surface area (Å²) in [5, 5.41) is 0. The van der Waals surface area contributed by atoms with Gasteiger partial charge in [-0.1, -0.05) is 72.8 Å². The quantitative estimate of drug-likeness (QED) is 0.765. The summed E-state index contributed by atoms with van der Waals surface area (Å²) in [5.74, 6) is 0.366. The van der Waals surface area contributed by atoms with E-state index in [1.807, 2.05) is 36.4 Å². The van der Waals surface area contributed by atoms with E-state index in [1.54, 1.807) is 6.92 Å². The van der Waals surface area contributed by atoms with E-state index in [0.29, 0.717) is 6.42 Å². The maximum Gasteiger partial charge on any atom is 0.130 e. The fourth-order valence-corrected chi connectivity index (χ4v) is 2.10. The van der Waals surface area contributed by atoms with Crippen LogP contribution >= 0.6 is 0 Å². The lowest BCUT2D eigenvalue weighted by atomic mass is 9.93. The van der Waals surface area contributed by atoms with Gasteiger partial charge in [0, 0.05) is 12.3 Å². The van der Waals surface area contributed by atoms with Gasteiger partial charge in [0.15, 0.2) is 0 Å². The minimum Gasteiger partial charge on any atom is -0.300 e. The van der Waals surface area contributed by atoms with Gasteiger partial charge in [-0.05, 0) is 18.1 Å². The Morgan fingerprint density at radius 2 is 1.58 bits per heavy atom. The molecule has 0 unspecified atom stereocenters. The SMILES string of the molecule is CC(=O)C[C@H](/C=C/c1ccccc1)c1ccccc1. The first-order chi connectivity index (χ1) is 9.25. The van der Waals surface area contributed by atoms with E-state index in [9.17, 15) is 4.79 Å². The van der Waals surface area contributed by atoms with Crippen LogP contribution in [0.1, 0.15) is 30.4 Å². The van der Waals surface area contributed by atoms with Gasteiger partial charge in [-0.3, -0.25) is 4.79 Å². The molecule has 0 saturated carbocycles. The first-order valence-electron chi connectivity index (χ1n) is 6.53. The normalized spacial score (nSPS) is 12.5. The van der Waals surface area contributed by atoms with Crippen molar-refractivity contribution in [2.75, 3.05) is 0 Å². The summed E-state index contributed by atoms with van der Waals surface area (Å²) in [7, 11) is 0. The molecule has 0 spiro atoms. The average molecular weight is 250 g/mol. The number of carbonyl (C=O) groups excluding carboxylic acids is 1. The van der Waals surface area contributed by atoms with Crippen molar-refractivity contribution < 1.29 is 4.79 Å². The summed E-state index contributed by atoms with van der Waals surface area (Å²) in [5.41, 5.74) is 2.34. The van der Waals surface area contributed by atoms with Crippen LogP contribution in [0, 0.1) is 0 Å². The van der Waals surface area contributed by atoms with Gasteiger partial charge < -0.3 is 0 Å². The third-order valence-electron chi connectivity index (χ3n) is 3.06. The van der Waals surface area contributed by atoms with Crippen LogP contribution in [-0.4, -0.2) is 5.78 Å². The summed E-state index contributed by atoms with van der Waals surface area (Å²) in [6, 6.07) is 20.3. The predicted octanol–water partition coefficient (Wildman–Crippen LogP) is 4.46. The fraction of sp³-hybridized carbons (Fsp3) is 0.167. The van der Waals surface area contributed by atoms with Crippen molar-refractivity contribution in [3.63, 3.8) is 0 Å². The van der Waals surface area contributed by atoms with E-state index in [1.165, 1.54) is 5.56 Å². The van der Waals surface area contributed by atoms with Crippen molar-refractivity contribution in [1.82, 2.24) is 0 Å².